The monoisotopic (exact) mass is 354 g/mol. The van der Waals surface area contributed by atoms with Gasteiger partial charge in [-0.3, -0.25) is 14.7 Å². The van der Waals surface area contributed by atoms with E-state index in [1.54, 1.807) is 6.20 Å². The molecule has 0 bridgehead atoms. The van der Waals surface area contributed by atoms with Crippen LogP contribution in [0.3, 0.4) is 0 Å². The Bertz CT molecular complexity index is 702. The van der Waals surface area contributed by atoms with Crippen LogP contribution in [-0.4, -0.2) is 62.2 Å². The maximum Gasteiger partial charge on any atom is 0.269 e. The Morgan fingerprint density at radius 1 is 1.23 bits per heavy atom. The number of amides is 1. The summed E-state index contributed by atoms with van der Waals surface area (Å²) in [5, 5.41) is 2.96. The van der Waals surface area contributed by atoms with E-state index < -0.39 is 0 Å². The number of anilines is 1. The highest BCUT2D eigenvalue weighted by atomic mass is 16.5. The van der Waals surface area contributed by atoms with Crippen LogP contribution >= 0.6 is 0 Å². The van der Waals surface area contributed by atoms with Crippen LogP contribution < -0.4 is 10.2 Å². The fourth-order valence-electron chi connectivity index (χ4n) is 2.97. The van der Waals surface area contributed by atoms with Crippen LogP contribution in [0.2, 0.25) is 0 Å². The van der Waals surface area contributed by atoms with Crippen LogP contribution in [-0.2, 0) is 11.3 Å². The van der Waals surface area contributed by atoms with Crippen LogP contribution in [0.4, 0.5) is 5.69 Å². The van der Waals surface area contributed by atoms with Crippen LogP contribution in [0, 0.1) is 0 Å². The second-order valence-electron chi connectivity index (χ2n) is 6.45. The van der Waals surface area contributed by atoms with E-state index in [0.717, 1.165) is 45.1 Å². The van der Waals surface area contributed by atoms with Gasteiger partial charge >= 0.3 is 0 Å². The van der Waals surface area contributed by atoms with Crippen LogP contribution in [0.15, 0.2) is 48.7 Å². The third kappa shape index (κ3) is 5.28. The molecule has 1 aliphatic heterocycles. The highest BCUT2D eigenvalue weighted by Crippen LogP contribution is 2.16. The number of nitrogens with zero attached hydrogens (tertiary/aromatic N) is 3. The maximum atomic E-state index is 12.4. The van der Waals surface area contributed by atoms with E-state index in [-0.39, 0.29) is 5.91 Å². The molecule has 0 radical (unpaired) electrons. The average Bonchev–Trinajstić information content (AvgIpc) is 2.69. The molecule has 1 aliphatic rings. The average molecular weight is 354 g/mol. The first-order valence-corrected chi connectivity index (χ1v) is 9.02. The molecular weight excluding hydrogens is 328 g/mol. The first kappa shape index (κ1) is 18.4. The Balaban J connectivity index is 1.53. The summed E-state index contributed by atoms with van der Waals surface area (Å²) in [6.07, 6.45) is 1.69. The molecule has 6 heteroatoms. The number of ether oxygens (including phenoxy) is 1. The SMILES string of the molecule is CN(Cc1ccccc1)c1ccnc(C(=O)NCCN2CCOCC2)c1. The van der Waals surface area contributed by atoms with Crippen molar-refractivity contribution in [1.82, 2.24) is 15.2 Å². The van der Waals surface area contributed by atoms with Gasteiger partial charge in [0.15, 0.2) is 0 Å². The summed E-state index contributed by atoms with van der Waals surface area (Å²) in [6.45, 7) is 5.62. The van der Waals surface area contributed by atoms with Gasteiger partial charge in [0.25, 0.3) is 5.91 Å². The zero-order valence-corrected chi connectivity index (χ0v) is 15.2. The molecule has 0 aliphatic carbocycles. The van der Waals surface area contributed by atoms with E-state index in [4.69, 9.17) is 4.74 Å². The number of carbonyl (C=O) groups excluding carboxylic acids is 1. The number of nitrogens with one attached hydrogen (secondary N) is 1. The molecular formula is C20H26N4O2. The lowest BCUT2D eigenvalue weighted by atomic mass is 10.2. The van der Waals surface area contributed by atoms with Crippen LogP contribution in [0.5, 0.6) is 0 Å². The first-order chi connectivity index (χ1) is 12.7. The molecule has 26 heavy (non-hydrogen) atoms. The molecule has 0 spiro atoms. The van der Waals surface area contributed by atoms with Gasteiger partial charge in [-0.2, -0.15) is 0 Å². The van der Waals surface area contributed by atoms with Gasteiger partial charge in [0.05, 0.1) is 13.2 Å². The first-order valence-electron chi connectivity index (χ1n) is 9.02. The third-order valence-corrected chi connectivity index (χ3v) is 4.50. The quantitative estimate of drug-likeness (QED) is 0.821. The zero-order valence-electron chi connectivity index (χ0n) is 15.2. The Labute approximate surface area is 154 Å². The van der Waals surface area contributed by atoms with Gasteiger partial charge in [0, 0.05) is 51.7 Å². The van der Waals surface area contributed by atoms with Crippen molar-refractivity contribution in [2.75, 3.05) is 51.3 Å². The number of rotatable bonds is 7. The predicted molar refractivity (Wildman–Crippen MR) is 102 cm³/mol. The Kier molecular flexibility index (Phi) is 6.57. The molecule has 1 amide bonds. The Morgan fingerprint density at radius 2 is 2.00 bits per heavy atom. The van der Waals surface area contributed by atoms with Gasteiger partial charge in [-0.05, 0) is 17.7 Å². The summed E-state index contributed by atoms with van der Waals surface area (Å²) in [5.74, 6) is -0.131. The van der Waals surface area contributed by atoms with Gasteiger partial charge < -0.3 is 15.0 Å². The van der Waals surface area contributed by atoms with E-state index >= 15 is 0 Å². The summed E-state index contributed by atoms with van der Waals surface area (Å²) in [5.41, 5.74) is 2.65. The van der Waals surface area contributed by atoms with Crippen molar-refractivity contribution < 1.29 is 9.53 Å². The molecule has 0 atom stereocenters. The molecule has 2 heterocycles. The van der Waals surface area contributed by atoms with E-state index in [9.17, 15) is 4.79 Å². The second-order valence-corrected chi connectivity index (χ2v) is 6.45. The molecule has 1 saturated heterocycles. The molecule has 0 unspecified atom stereocenters. The summed E-state index contributed by atoms with van der Waals surface area (Å²) in [4.78, 5) is 21.0. The highest BCUT2D eigenvalue weighted by Gasteiger charge is 2.12. The standard InChI is InChI=1S/C20H26N4O2/c1-23(16-17-5-3-2-4-6-17)18-7-8-21-19(15-18)20(25)22-9-10-24-11-13-26-14-12-24/h2-8,15H,9-14,16H2,1H3,(H,22,25). The van der Waals surface area contributed by atoms with E-state index in [0.29, 0.717) is 12.2 Å². The fraction of sp³-hybridized carbons (Fsp3) is 0.400. The molecule has 3 rings (SSSR count). The van der Waals surface area contributed by atoms with Gasteiger partial charge in [0.1, 0.15) is 5.69 Å². The van der Waals surface area contributed by atoms with Crippen molar-refractivity contribution in [1.29, 1.82) is 0 Å². The number of pyridine rings is 1. The van der Waals surface area contributed by atoms with Gasteiger partial charge in [-0.25, -0.2) is 0 Å². The van der Waals surface area contributed by atoms with Crippen molar-refractivity contribution in [2.45, 2.75) is 6.54 Å². The minimum Gasteiger partial charge on any atom is -0.379 e. The lowest BCUT2D eigenvalue weighted by molar-refractivity contribution is 0.0383. The topological polar surface area (TPSA) is 57.7 Å². The molecule has 1 fully saturated rings. The van der Waals surface area contributed by atoms with Crippen molar-refractivity contribution in [2.24, 2.45) is 0 Å². The number of carbonyl (C=O) groups is 1. The van der Waals surface area contributed by atoms with E-state index in [1.165, 1.54) is 5.56 Å². The van der Waals surface area contributed by atoms with Gasteiger partial charge in [-0.15, -0.1) is 0 Å². The summed E-state index contributed by atoms with van der Waals surface area (Å²) in [6, 6.07) is 14.0. The number of hydrogen-bond acceptors (Lipinski definition) is 5. The van der Waals surface area contributed by atoms with Crippen LogP contribution in [0.25, 0.3) is 0 Å². The minimum atomic E-state index is -0.131. The molecule has 2 aromatic rings. The second kappa shape index (κ2) is 9.31. The minimum absolute atomic E-state index is 0.131. The van der Waals surface area contributed by atoms with Crippen LogP contribution in [0.1, 0.15) is 16.1 Å². The van der Waals surface area contributed by atoms with E-state index in [1.807, 2.05) is 37.4 Å². The molecule has 138 valence electrons. The fourth-order valence-corrected chi connectivity index (χ4v) is 2.97. The molecule has 6 nitrogen and oxygen atoms in total. The number of morpholine rings is 1. The Hall–Kier alpha value is -2.44. The summed E-state index contributed by atoms with van der Waals surface area (Å²) in [7, 11) is 2.02. The highest BCUT2D eigenvalue weighted by molar-refractivity contribution is 5.93. The van der Waals surface area contributed by atoms with Crippen molar-refractivity contribution >= 4 is 11.6 Å². The Morgan fingerprint density at radius 3 is 2.77 bits per heavy atom. The third-order valence-electron chi connectivity index (χ3n) is 4.50. The normalized spacial score (nSPS) is 14.8. The zero-order chi connectivity index (χ0) is 18.2. The maximum absolute atomic E-state index is 12.4. The summed E-state index contributed by atoms with van der Waals surface area (Å²) >= 11 is 0. The smallest absolute Gasteiger partial charge is 0.269 e. The van der Waals surface area contributed by atoms with Crippen molar-refractivity contribution in [3.63, 3.8) is 0 Å². The van der Waals surface area contributed by atoms with Gasteiger partial charge in [-0.1, -0.05) is 30.3 Å². The lowest BCUT2D eigenvalue weighted by Gasteiger charge is -2.26. The van der Waals surface area contributed by atoms with Gasteiger partial charge in [0.2, 0.25) is 0 Å². The van der Waals surface area contributed by atoms with Crippen molar-refractivity contribution in [3.05, 3.63) is 59.9 Å². The summed E-state index contributed by atoms with van der Waals surface area (Å²) < 4.78 is 5.33. The number of hydrogen-bond donors (Lipinski definition) is 1. The number of benzene rings is 1. The lowest BCUT2D eigenvalue weighted by Crippen LogP contribution is -2.41. The molecule has 1 aromatic carbocycles. The predicted octanol–water partition coefficient (Wildman–Crippen LogP) is 1.78. The largest absolute Gasteiger partial charge is 0.379 e. The van der Waals surface area contributed by atoms with Crippen molar-refractivity contribution in [3.8, 4) is 0 Å². The molecule has 1 N–H and O–H groups in total. The molecule has 0 saturated carbocycles. The van der Waals surface area contributed by atoms with E-state index in [2.05, 4.69) is 32.2 Å². The molecule has 1 aromatic heterocycles. The number of aromatic nitrogens is 1.